The molecule has 1 aromatic rings. The number of hydrogen-bond acceptors (Lipinski definition) is 4. The topological polar surface area (TPSA) is 64.7 Å². The summed E-state index contributed by atoms with van der Waals surface area (Å²) in [5.41, 5.74) is 1.26. The molecule has 1 aliphatic heterocycles. The first-order chi connectivity index (χ1) is 11.2. The molecule has 0 bridgehead atoms. The van der Waals surface area contributed by atoms with Crippen molar-refractivity contribution in [3.05, 3.63) is 30.3 Å². The van der Waals surface area contributed by atoms with Crippen molar-refractivity contribution in [2.45, 2.75) is 13.3 Å². The zero-order valence-electron chi connectivity index (χ0n) is 13.8. The molecular weight excluding hydrogens is 292 g/mol. The van der Waals surface area contributed by atoms with Gasteiger partial charge in [-0.3, -0.25) is 14.5 Å². The zero-order chi connectivity index (χ0) is 16.5. The third kappa shape index (κ3) is 5.56. The molecule has 23 heavy (non-hydrogen) atoms. The van der Waals surface area contributed by atoms with Crippen LogP contribution in [0.25, 0.3) is 0 Å². The van der Waals surface area contributed by atoms with Gasteiger partial charge in [0.05, 0.1) is 0 Å². The Kier molecular flexibility index (Phi) is 6.87. The fourth-order valence-electron chi connectivity index (χ4n) is 2.60. The number of rotatable bonds is 6. The Bertz CT molecular complexity index is 499. The molecule has 6 heteroatoms. The van der Waals surface area contributed by atoms with E-state index >= 15 is 0 Å². The van der Waals surface area contributed by atoms with E-state index in [2.05, 4.69) is 44.7 Å². The van der Waals surface area contributed by atoms with Gasteiger partial charge in [-0.15, -0.1) is 0 Å². The number of carbonyl (C=O) groups is 2. The Hall–Kier alpha value is -2.08. The minimum Gasteiger partial charge on any atom is -0.369 e. The fourth-order valence-corrected chi connectivity index (χ4v) is 2.60. The molecule has 0 saturated carbocycles. The van der Waals surface area contributed by atoms with Crippen molar-refractivity contribution in [3.8, 4) is 0 Å². The molecule has 1 aliphatic rings. The van der Waals surface area contributed by atoms with Crippen molar-refractivity contribution in [2.24, 2.45) is 0 Å². The van der Waals surface area contributed by atoms with Gasteiger partial charge in [-0.25, -0.2) is 0 Å². The van der Waals surface area contributed by atoms with Gasteiger partial charge in [0, 0.05) is 51.5 Å². The summed E-state index contributed by atoms with van der Waals surface area (Å²) in [7, 11) is 0. The molecule has 1 fully saturated rings. The van der Waals surface area contributed by atoms with Gasteiger partial charge in [0.25, 0.3) is 0 Å². The Morgan fingerprint density at radius 2 is 1.57 bits per heavy atom. The summed E-state index contributed by atoms with van der Waals surface area (Å²) in [4.78, 5) is 27.7. The highest BCUT2D eigenvalue weighted by molar-refractivity contribution is 6.35. The lowest BCUT2D eigenvalue weighted by molar-refractivity contribution is -0.139. The number of benzene rings is 1. The first kappa shape index (κ1) is 17.3. The smallest absolute Gasteiger partial charge is 0.309 e. The highest BCUT2D eigenvalue weighted by Gasteiger charge is 2.17. The van der Waals surface area contributed by atoms with E-state index in [1.54, 1.807) is 0 Å². The lowest BCUT2D eigenvalue weighted by Crippen LogP contribution is -2.49. The predicted molar refractivity (Wildman–Crippen MR) is 91.4 cm³/mol. The van der Waals surface area contributed by atoms with Crippen LogP contribution in [-0.4, -0.2) is 62.5 Å². The van der Waals surface area contributed by atoms with Gasteiger partial charge in [0.1, 0.15) is 0 Å². The maximum atomic E-state index is 11.6. The van der Waals surface area contributed by atoms with Crippen LogP contribution in [0, 0.1) is 0 Å². The minimum atomic E-state index is -0.541. The van der Waals surface area contributed by atoms with Crippen LogP contribution in [0.2, 0.25) is 0 Å². The molecule has 2 N–H and O–H groups in total. The molecule has 0 aromatic heterocycles. The molecule has 1 heterocycles. The van der Waals surface area contributed by atoms with Crippen LogP contribution in [0.1, 0.15) is 13.3 Å². The number of carbonyl (C=O) groups excluding carboxylic acids is 2. The first-order valence-electron chi connectivity index (χ1n) is 8.29. The minimum absolute atomic E-state index is 0.504. The summed E-state index contributed by atoms with van der Waals surface area (Å²) in [6.45, 7) is 7.66. The maximum absolute atomic E-state index is 11.6. The average molecular weight is 318 g/mol. The van der Waals surface area contributed by atoms with E-state index < -0.39 is 11.8 Å². The molecule has 1 aromatic carbocycles. The number of anilines is 1. The monoisotopic (exact) mass is 318 g/mol. The zero-order valence-corrected chi connectivity index (χ0v) is 13.8. The second kappa shape index (κ2) is 9.15. The highest BCUT2D eigenvalue weighted by Crippen LogP contribution is 2.15. The average Bonchev–Trinajstić information content (AvgIpc) is 2.61. The molecule has 0 radical (unpaired) electrons. The van der Waals surface area contributed by atoms with Crippen molar-refractivity contribution < 1.29 is 9.59 Å². The predicted octanol–water partition coefficient (Wildman–Crippen LogP) is 0.451. The SMILES string of the molecule is CCCNC(=O)C(=O)NCCN1CCN(c2ccccc2)CC1. The fraction of sp³-hybridized carbons (Fsp3) is 0.529. The second-order valence-corrected chi connectivity index (χ2v) is 5.68. The summed E-state index contributed by atoms with van der Waals surface area (Å²) < 4.78 is 0. The number of hydrogen-bond donors (Lipinski definition) is 2. The first-order valence-corrected chi connectivity index (χ1v) is 8.29. The van der Waals surface area contributed by atoms with Crippen molar-refractivity contribution in [3.63, 3.8) is 0 Å². The summed E-state index contributed by atoms with van der Waals surface area (Å²) in [5.74, 6) is -1.08. The summed E-state index contributed by atoms with van der Waals surface area (Å²) >= 11 is 0. The van der Waals surface area contributed by atoms with Crippen molar-refractivity contribution in [1.29, 1.82) is 0 Å². The molecule has 0 atom stereocenters. The second-order valence-electron chi connectivity index (χ2n) is 5.68. The number of para-hydroxylation sites is 1. The highest BCUT2D eigenvalue weighted by atomic mass is 16.2. The van der Waals surface area contributed by atoms with Crippen LogP contribution in [0.3, 0.4) is 0 Å². The standard InChI is InChI=1S/C17H26N4O2/c1-2-8-18-16(22)17(23)19-9-10-20-11-13-21(14-12-20)15-6-4-3-5-7-15/h3-7H,2,8-14H2,1H3,(H,18,22)(H,19,23). The Morgan fingerprint density at radius 1 is 0.957 bits per heavy atom. The molecule has 0 spiro atoms. The van der Waals surface area contributed by atoms with Crippen LogP contribution < -0.4 is 15.5 Å². The number of nitrogens with one attached hydrogen (secondary N) is 2. The van der Waals surface area contributed by atoms with E-state index in [0.717, 1.165) is 39.1 Å². The third-order valence-corrected chi connectivity index (χ3v) is 3.95. The van der Waals surface area contributed by atoms with E-state index in [4.69, 9.17) is 0 Å². The largest absolute Gasteiger partial charge is 0.369 e. The molecule has 126 valence electrons. The van der Waals surface area contributed by atoms with Crippen LogP contribution in [-0.2, 0) is 9.59 Å². The van der Waals surface area contributed by atoms with Crippen LogP contribution in [0.15, 0.2) is 30.3 Å². The van der Waals surface area contributed by atoms with Crippen molar-refractivity contribution in [1.82, 2.24) is 15.5 Å². The molecular formula is C17H26N4O2. The number of nitrogens with zero attached hydrogens (tertiary/aromatic N) is 2. The van der Waals surface area contributed by atoms with E-state index in [1.807, 2.05) is 13.0 Å². The van der Waals surface area contributed by atoms with E-state index in [0.29, 0.717) is 13.1 Å². The third-order valence-electron chi connectivity index (χ3n) is 3.95. The molecule has 0 unspecified atom stereocenters. The molecule has 6 nitrogen and oxygen atoms in total. The summed E-state index contributed by atoms with van der Waals surface area (Å²) in [5, 5.41) is 5.25. The normalized spacial score (nSPS) is 15.3. The van der Waals surface area contributed by atoms with Gasteiger partial charge in [-0.2, -0.15) is 0 Å². The van der Waals surface area contributed by atoms with Crippen molar-refractivity contribution in [2.75, 3.05) is 50.7 Å². The van der Waals surface area contributed by atoms with E-state index in [9.17, 15) is 9.59 Å². The maximum Gasteiger partial charge on any atom is 0.309 e. The van der Waals surface area contributed by atoms with Gasteiger partial charge < -0.3 is 15.5 Å². The van der Waals surface area contributed by atoms with Crippen LogP contribution >= 0.6 is 0 Å². The summed E-state index contributed by atoms with van der Waals surface area (Å²) in [6.07, 6.45) is 0.824. The van der Waals surface area contributed by atoms with Gasteiger partial charge in [-0.05, 0) is 18.6 Å². The van der Waals surface area contributed by atoms with Gasteiger partial charge in [0.2, 0.25) is 0 Å². The van der Waals surface area contributed by atoms with E-state index in [1.165, 1.54) is 5.69 Å². The Morgan fingerprint density at radius 3 is 2.17 bits per heavy atom. The van der Waals surface area contributed by atoms with Crippen molar-refractivity contribution >= 4 is 17.5 Å². The van der Waals surface area contributed by atoms with Gasteiger partial charge in [-0.1, -0.05) is 25.1 Å². The lowest BCUT2D eigenvalue weighted by Gasteiger charge is -2.36. The van der Waals surface area contributed by atoms with Crippen LogP contribution in [0.5, 0.6) is 0 Å². The van der Waals surface area contributed by atoms with E-state index in [-0.39, 0.29) is 0 Å². The lowest BCUT2D eigenvalue weighted by atomic mass is 10.2. The number of amides is 2. The number of piperazine rings is 1. The van der Waals surface area contributed by atoms with Gasteiger partial charge >= 0.3 is 11.8 Å². The molecule has 0 aliphatic carbocycles. The Labute approximate surface area is 137 Å². The van der Waals surface area contributed by atoms with Crippen LogP contribution in [0.4, 0.5) is 5.69 Å². The quantitative estimate of drug-likeness (QED) is 0.748. The Balaban J connectivity index is 1.63. The van der Waals surface area contributed by atoms with Gasteiger partial charge in [0.15, 0.2) is 0 Å². The molecule has 1 saturated heterocycles. The molecule has 2 rings (SSSR count). The molecule has 2 amide bonds. The summed E-state index contributed by atoms with van der Waals surface area (Å²) in [6, 6.07) is 10.4.